The van der Waals surface area contributed by atoms with E-state index in [2.05, 4.69) is 11.8 Å². The molecule has 0 saturated heterocycles. The first-order valence-corrected chi connectivity index (χ1v) is 6.76. The number of aliphatic hydroxyl groups excluding tert-OH is 1. The van der Waals surface area contributed by atoms with Crippen LogP contribution in [-0.4, -0.2) is 11.7 Å². The number of benzene rings is 2. The largest absolute Gasteiger partial charge is 0.489 e. The molecule has 0 bridgehead atoms. The van der Waals surface area contributed by atoms with E-state index in [1.165, 1.54) is 12.1 Å². The summed E-state index contributed by atoms with van der Waals surface area (Å²) in [7, 11) is 0. The number of aliphatic hydroxyl groups is 1. The van der Waals surface area contributed by atoms with Crippen molar-refractivity contribution >= 4 is 0 Å². The number of halogens is 1. The second-order valence-electron chi connectivity index (χ2n) is 4.67. The Labute approximate surface area is 124 Å². The number of hydrogen-bond acceptors (Lipinski definition) is 2. The normalized spacial score (nSPS) is 9.86. The van der Waals surface area contributed by atoms with Crippen LogP contribution in [0.1, 0.15) is 23.1 Å². The molecule has 0 heterocycles. The van der Waals surface area contributed by atoms with Gasteiger partial charge in [0.2, 0.25) is 0 Å². The summed E-state index contributed by atoms with van der Waals surface area (Å²) < 4.78 is 18.8. The maximum Gasteiger partial charge on any atom is 0.126 e. The molecule has 2 aromatic rings. The van der Waals surface area contributed by atoms with Crippen LogP contribution in [0.4, 0.5) is 4.39 Å². The molecule has 0 aliphatic carbocycles. The molecule has 0 aromatic heterocycles. The first-order chi connectivity index (χ1) is 10.2. The first-order valence-electron chi connectivity index (χ1n) is 6.76. The second-order valence-corrected chi connectivity index (χ2v) is 4.67. The van der Waals surface area contributed by atoms with Gasteiger partial charge in [0, 0.05) is 18.1 Å². The van der Waals surface area contributed by atoms with Crippen molar-refractivity contribution in [3.05, 3.63) is 65.0 Å². The van der Waals surface area contributed by atoms with Crippen molar-refractivity contribution < 1.29 is 14.2 Å². The lowest BCUT2D eigenvalue weighted by Crippen LogP contribution is -1.97. The summed E-state index contributed by atoms with van der Waals surface area (Å²) in [4.78, 5) is 0. The van der Waals surface area contributed by atoms with Crippen LogP contribution in [0, 0.1) is 24.6 Å². The van der Waals surface area contributed by atoms with Gasteiger partial charge in [-0.1, -0.05) is 30.0 Å². The Morgan fingerprint density at radius 2 is 1.90 bits per heavy atom. The molecule has 0 spiro atoms. The number of rotatable bonds is 4. The summed E-state index contributed by atoms with van der Waals surface area (Å²) in [5.74, 6) is 6.09. The van der Waals surface area contributed by atoms with Gasteiger partial charge in [0.15, 0.2) is 0 Å². The molecule has 0 fully saturated rings. The van der Waals surface area contributed by atoms with Crippen LogP contribution in [0.15, 0.2) is 42.5 Å². The molecule has 108 valence electrons. The minimum atomic E-state index is -0.301. The minimum Gasteiger partial charge on any atom is -0.489 e. The van der Waals surface area contributed by atoms with E-state index in [-0.39, 0.29) is 12.4 Å². The Morgan fingerprint density at radius 3 is 2.62 bits per heavy atom. The van der Waals surface area contributed by atoms with E-state index >= 15 is 0 Å². The van der Waals surface area contributed by atoms with Gasteiger partial charge in [-0.3, -0.25) is 0 Å². The molecule has 2 aromatic carbocycles. The average Bonchev–Trinajstić information content (AvgIpc) is 2.50. The fourth-order valence-corrected chi connectivity index (χ4v) is 1.80. The fourth-order valence-electron chi connectivity index (χ4n) is 1.80. The zero-order valence-electron chi connectivity index (χ0n) is 11.9. The third-order valence-corrected chi connectivity index (χ3v) is 2.97. The zero-order valence-corrected chi connectivity index (χ0v) is 11.9. The van der Waals surface area contributed by atoms with Gasteiger partial charge in [-0.05, 0) is 36.2 Å². The Morgan fingerprint density at radius 1 is 1.14 bits per heavy atom. The quantitative estimate of drug-likeness (QED) is 0.871. The van der Waals surface area contributed by atoms with E-state index < -0.39 is 0 Å². The van der Waals surface area contributed by atoms with Gasteiger partial charge < -0.3 is 9.84 Å². The van der Waals surface area contributed by atoms with E-state index in [4.69, 9.17) is 9.84 Å². The molecule has 0 saturated carbocycles. The Hall–Kier alpha value is -2.31. The van der Waals surface area contributed by atoms with Crippen molar-refractivity contribution in [2.75, 3.05) is 6.61 Å². The molecule has 0 atom stereocenters. The lowest BCUT2D eigenvalue weighted by Gasteiger charge is -2.09. The summed E-state index contributed by atoms with van der Waals surface area (Å²) in [5, 5.41) is 8.66. The van der Waals surface area contributed by atoms with Crippen molar-refractivity contribution in [2.24, 2.45) is 0 Å². The van der Waals surface area contributed by atoms with Gasteiger partial charge in [0.1, 0.15) is 18.2 Å². The standard InChI is InChI=1S/C18H17FO2/c1-14-5-10-17(19)12-18(14)21-13-16-8-6-15(7-9-16)4-2-3-11-20/h5-10,12,20H,3,11,13H2,1H3. The summed E-state index contributed by atoms with van der Waals surface area (Å²) in [6.07, 6.45) is 0.476. The maximum atomic E-state index is 13.2. The second kappa shape index (κ2) is 7.47. The first kappa shape index (κ1) is 15.1. The van der Waals surface area contributed by atoms with Crippen molar-refractivity contribution in [2.45, 2.75) is 20.0 Å². The van der Waals surface area contributed by atoms with Crippen LogP contribution in [-0.2, 0) is 6.61 Å². The van der Waals surface area contributed by atoms with Gasteiger partial charge in [-0.25, -0.2) is 4.39 Å². The Bertz CT molecular complexity index is 651. The number of aryl methyl sites for hydroxylation is 1. The van der Waals surface area contributed by atoms with Gasteiger partial charge in [-0.15, -0.1) is 0 Å². The smallest absolute Gasteiger partial charge is 0.126 e. The molecule has 1 N–H and O–H groups in total. The lowest BCUT2D eigenvalue weighted by molar-refractivity contribution is 0.302. The highest BCUT2D eigenvalue weighted by molar-refractivity contribution is 5.37. The monoisotopic (exact) mass is 284 g/mol. The Balaban J connectivity index is 1.98. The zero-order chi connectivity index (χ0) is 15.1. The van der Waals surface area contributed by atoms with E-state index in [0.717, 1.165) is 16.7 Å². The molecular formula is C18H17FO2. The molecule has 2 rings (SSSR count). The predicted octanol–water partition coefficient (Wildman–Crippen LogP) is 3.45. The summed E-state index contributed by atoms with van der Waals surface area (Å²) in [6.45, 7) is 2.34. The highest BCUT2D eigenvalue weighted by atomic mass is 19.1. The molecule has 3 heteroatoms. The summed E-state index contributed by atoms with van der Waals surface area (Å²) in [5.41, 5.74) is 2.79. The maximum absolute atomic E-state index is 13.2. The van der Waals surface area contributed by atoms with Crippen LogP contribution in [0.5, 0.6) is 5.75 Å². The lowest BCUT2D eigenvalue weighted by atomic mass is 10.1. The summed E-state index contributed by atoms with van der Waals surface area (Å²) in [6, 6.07) is 12.2. The topological polar surface area (TPSA) is 29.5 Å². The van der Waals surface area contributed by atoms with Crippen LogP contribution < -0.4 is 4.74 Å². The average molecular weight is 284 g/mol. The predicted molar refractivity (Wildman–Crippen MR) is 80.5 cm³/mol. The SMILES string of the molecule is Cc1ccc(F)cc1OCc1ccc(C#CCCO)cc1. The van der Waals surface area contributed by atoms with Gasteiger partial charge in [0.25, 0.3) is 0 Å². The molecule has 2 nitrogen and oxygen atoms in total. The molecule has 0 aliphatic heterocycles. The van der Waals surface area contributed by atoms with E-state index in [1.807, 2.05) is 31.2 Å². The van der Waals surface area contributed by atoms with Crippen LogP contribution in [0.3, 0.4) is 0 Å². The molecule has 0 radical (unpaired) electrons. The van der Waals surface area contributed by atoms with Gasteiger partial charge in [-0.2, -0.15) is 0 Å². The highest BCUT2D eigenvalue weighted by Crippen LogP contribution is 2.20. The molecular weight excluding hydrogens is 267 g/mol. The minimum absolute atomic E-state index is 0.0753. The molecule has 21 heavy (non-hydrogen) atoms. The van der Waals surface area contributed by atoms with Crippen molar-refractivity contribution in [3.63, 3.8) is 0 Å². The van der Waals surface area contributed by atoms with Crippen molar-refractivity contribution in [1.29, 1.82) is 0 Å². The van der Waals surface area contributed by atoms with Gasteiger partial charge >= 0.3 is 0 Å². The van der Waals surface area contributed by atoms with E-state index in [0.29, 0.717) is 18.8 Å². The molecule has 0 amide bonds. The van der Waals surface area contributed by atoms with E-state index in [1.54, 1.807) is 6.07 Å². The highest BCUT2D eigenvalue weighted by Gasteiger charge is 2.02. The van der Waals surface area contributed by atoms with Crippen LogP contribution >= 0.6 is 0 Å². The van der Waals surface area contributed by atoms with Crippen LogP contribution in [0.25, 0.3) is 0 Å². The van der Waals surface area contributed by atoms with Crippen molar-refractivity contribution in [1.82, 2.24) is 0 Å². The van der Waals surface area contributed by atoms with Crippen LogP contribution in [0.2, 0.25) is 0 Å². The summed E-state index contributed by atoms with van der Waals surface area (Å²) >= 11 is 0. The Kier molecular flexibility index (Phi) is 5.36. The number of hydrogen-bond donors (Lipinski definition) is 1. The number of ether oxygens (including phenoxy) is 1. The third-order valence-electron chi connectivity index (χ3n) is 2.97. The molecule has 0 aliphatic rings. The van der Waals surface area contributed by atoms with Crippen molar-refractivity contribution in [3.8, 4) is 17.6 Å². The van der Waals surface area contributed by atoms with E-state index in [9.17, 15) is 4.39 Å². The van der Waals surface area contributed by atoms with Gasteiger partial charge in [0.05, 0.1) is 6.61 Å². The fraction of sp³-hybridized carbons (Fsp3) is 0.222. The third kappa shape index (κ3) is 4.62. The molecule has 0 unspecified atom stereocenters.